The van der Waals surface area contributed by atoms with Crippen LogP contribution in [-0.4, -0.2) is 48.0 Å². The molecule has 160 valence electrons. The van der Waals surface area contributed by atoms with E-state index in [-0.39, 0.29) is 6.61 Å². The summed E-state index contributed by atoms with van der Waals surface area (Å²) in [6.07, 6.45) is -0.687. The molecule has 0 aliphatic rings. The van der Waals surface area contributed by atoms with Crippen LogP contribution in [0.4, 0.5) is 0 Å². The zero-order valence-electron chi connectivity index (χ0n) is 17.1. The van der Waals surface area contributed by atoms with Crippen LogP contribution in [-0.2, 0) is 0 Å². The fourth-order valence-corrected chi connectivity index (χ4v) is 3.69. The van der Waals surface area contributed by atoms with Crippen LogP contribution in [0.15, 0.2) is 70.3 Å². The molecular formula is C23H22N2O5S. The molecule has 0 radical (unpaired) electrons. The fourth-order valence-electron chi connectivity index (χ4n) is 3.02. The second kappa shape index (κ2) is 9.72. The van der Waals surface area contributed by atoms with E-state index in [1.165, 1.54) is 11.8 Å². The Bertz CT molecular complexity index is 1160. The molecule has 1 heterocycles. The molecule has 0 amide bonds. The summed E-state index contributed by atoms with van der Waals surface area (Å²) in [5, 5.41) is 21.0. The van der Waals surface area contributed by atoms with E-state index >= 15 is 0 Å². The number of rotatable bonds is 9. The Balaban J connectivity index is 1.31. The Hall–Kier alpha value is -3.23. The number of thioether (sulfide) groups is 1. The highest BCUT2D eigenvalue weighted by Crippen LogP contribution is 2.32. The molecule has 0 fully saturated rings. The number of aromatic nitrogens is 2. The highest BCUT2D eigenvalue weighted by molar-refractivity contribution is 7.99. The summed E-state index contributed by atoms with van der Waals surface area (Å²) in [6.45, 7) is 0.169. The Morgan fingerprint density at radius 3 is 2.55 bits per heavy atom. The van der Waals surface area contributed by atoms with Crippen LogP contribution in [0, 0.1) is 0 Å². The minimum Gasteiger partial charge on any atom is -0.493 e. The normalized spacial score (nSPS) is 12.0. The maximum absolute atomic E-state index is 10.3. The van der Waals surface area contributed by atoms with E-state index in [1.807, 2.05) is 48.5 Å². The van der Waals surface area contributed by atoms with Crippen LogP contribution >= 0.6 is 11.8 Å². The number of nitrogens with zero attached hydrogens (tertiary/aromatic N) is 2. The van der Waals surface area contributed by atoms with Gasteiger partial charge in [0.15, 0.2) is 11.5 Å². The van der Waals surface area contributed by atoms with Gasteiger partial charge in [-0.15, -0.1) is 10.2 Å². The first-order chi connectivity index (χ1) is 15.2. The lowest BCUT2D eigenvalue weighted by Crippen LogP contribution is -2.20. The third-order valence-electron chi connectivity index (χ3n) is 4.60. The molecule has 1 N–H and O–H groups in total. The summed E-state index contributed by atoms with van der Waals surface area (Å²) in [6, 6.07) is 19.3. The predicted octanol–water partition coefficient (Wildman–Crippen LogP) is 4.44. The second-order valence-electron chi connectivity index (χ2n) is 6.73. The first-order valence-electron chi connectivity index (χ1n) is 9.64. The topological polar surface area (TPSA) is 86.8 Å². The van der Waals surface area contributed by atoms with E-state index in [0.29, 0.717) is 28.4 Å². The van der Waals surface area contributed by atoms with Gasteiger partial charge in [-0.3, -0.25) is 0 Å². The van der Waals surface area contributed by atoms with Crippen LogP contribution in [0.25, 0.3) is 22.2 Å². The third-order valence-corrected chi connectivity index (χ3v) is 5.56. The molecule has 0 bridgehead atoms. The van der Waals surface area contributed by atoms with Gasteiger partial charge < -0.3 is 23.7 Å². The van der Waals surface area contributed by atoms with E-state index in [0.717, 1.165) is 22.1 Å². The van der Waals surface area contributed by atoms with Gasteiger partial charge >= 0.3 is 0 Å². The van der Waals surface area contributed by atoms with Crippen molar-refractivity contribution < 1.29 is 23.7 Å². The van der Waals surface area contributed by atoms with Crippen LogP contribution < -0.4 is 14.2 Å². The molecule has 1 aromatic heterocycles. The van der Waals surface area contributed by atoms with Crippen LogP contribution in [0.1, 0.15) is 0 Å². The van der Waals surface area contributed by atoms with Gasteiger partial charge in [-0.1, -0.05) is 42.1 Å². The number of aliphatic hydroxyl groups excluding tert-OH is 1. The summed E-state index contributed by atoms with van der Waals surface area (Å²) >= 11 is 1.27. The first kappa shape index (κ1) is 21.0. The molecule has 0 aliphatic heterocycles. The molecule has 4 rings (SSSR count). The molecule has 3 aromatic carbocycles. The number of fused-ring (bicyclic) bond motifs is 1. The number of benzene rings is 3. The molecule has 0 saturated heterocycles. The zero-order chi connectivity index (χ0) is 21.6. The average molecular weight is 439 g/mol. The Kier molecular flexibility index (Phi) is 6.59. The smallest absolute Gasteiger partial charge is 0.276 e. The molecule has 1 atom stereocenters. The lowest BCUT2D eigenvalue weighted by atomic mass is 10.1. The maximum Gasteiger partial charge on any atom is 0.276 e. The molecular weight excluding hydrogens is 416 g/mol. The van der Waals surface area contributed by atoms with Crippen molar-refractivity contribution in [2.24, 2.45) is 0 Å². The van der Waals surface area contributed by atoms with Crippen molar-refractivity contribution in [3.8, 4) is 28.7 Å². The van der Waals surface area contributed by atoms with E-state index < -0.39 is 6.10 Å². The van der Waals surface area contributed by atoms with Gasteiger partial charge in [0.25, 0.3) is 5.22 Å². The van der Waals surface area contributed by atoms with Crippen LogP contribution in [0.2, 0.25) is 0 Å². The Labute approximate surface area is 184 Å². The van der Waals surface area contributed by atoms with Crippen molar-refractivity contribution in [1.82, 2.24) is 10.2 Å². The monoisotopic (exact) mass is 438 g/mol. The number of ether oxygens (including phenoxy) is 3. The molecule has 0 saturated carbocycles. The van der Waals surface area contributed by atoms with Crippen molar-refractivity contribution in [1.29, 1.82) is 0 Å². The molecule has 8 heteroatoms. The van der Waals surface area contributed by atoms with Crippen molar-refractivity contribution in [3.63, 3.8) is 0 Å². The van der Waals surface area contributed by atoms with E-state index in [4.69, 9.17) is 18.6 Å². The van der Waals surface area contributed by atoms with Gasteiger partial charge in [0, 0.05) is 11.3 Å². The zero-order valence-corrected chi connectivity index (χ0v) is 18.0. The van der Waals surface area contributed by atoms with Crippen molar-refractivity contribution >= 4 is 22.5 Å². The SMILES string of the molecule is COc1ccc(-c2nnc(SCC(O)COc3ccc4ccccc4c3)o2)cc1OC. The summed E-state index contributed by atoms with van der Waals surface area (Å²) in [4.78, 5) is 0. The molecule has 31 heavy (non-hydrogen) atoms. The summed E-state index contributed by atoms with van der Waals surface area (Å²) in [5.74, 6) is 2.64. The van der Waals surface area contributed by atoms with E-state index in [1.54, 1.807) is 26.4 Å². The highest BCUT2D eigenvalue weighted by atomic mass is 32.2. The van der Waals surface area contributed by atoms with Gasteiger partial charge in [0.05, 0.1) is 20.3 Å². The lowest BCUT2D eigenvalue weighted by molar-refractivity contribution is 0.126. The standard InChI is InChI=1S/C23H22N2O5S/c1-27-20-10-8-17(12-21(20)28-2)22-24-25-23(30-22)31-14-18(26)13-29-19-9-7-15-5-3-4-6-16(15)11-19/h3-12,18,26H,13-14H2,1-2H3. The largest absolute Gasteiger partial charge is 0.493 e. The van der Waals surface area contributed by atoms with Crippen LogP contribution in [0.3, 0.4) is 0 Å². The second-order valence-corrected chi connectivity index (χ2v) is 7.70. The number of methoxy groups -OCH3 is 2. The van der Waals surface area contributed by atoms with Crippen molar-refractivity contribution in [3.05, 3.63) is 60.7 Å². The minimum atomic E-state index is -0.687. The van der Waals surface area contributed by atoms with Crippen molar-refractivity contribution in [2.75, 3.05) is 26.6 Å². The fraction of sp³-hybridized carbons (Fsp3) is 0.217. The molecule has 0 spiro atoms. The van der Waals surface area contributed by atoms with Gasteiger partial charge in [-0.25, -0.2) is 0 Å². The number of hydrogen-bond acceptors (Lipinski definition) is 8. The van der Waals surface area contributed by atoms with E-state index in [2.05, 4.69) is 10.2 Å². The minimum absolute atomic E-state index is 0.169. The van der Waals surface area contributed by atoms with Crippen LogP contribution in [0.5, 0.6) is 17.2 Å². The van der Waals surface area contributed by atoms with Gasteiger partial charge in [-0.05, 0) is 41.1 Å². The third kappa shape index (κ3) is 5.10. The van der Waals surface area contributed by atoms with Gasteiger partial charge in [0.1, 0.15) is 12.4 Å². The Morgan fingerprint density at radius 2 is 1.74 bits per heavy atom. The average Bonchev–Trinajstić information content (AvgIpc) is 3.30. The predicted molar refractivity (Wildman–Crippen MR) is 119 cm³/mol. The maximum atomic E-state index is 10.3. The van der Waals surface area contributed by atoms with E-state index in [9.17, 15) is 5.11 Å². The lowest BCUT2D eigenvalue weighted by Gasteiger charge is -2.11. The molecule has 1 unspecified atom stereocenters. The van der Waals surface area contributed by atoms with Crippen molar-refractivity contribution in [2.45, 2.75) is 11.3 Å². The number of hydrogen-bond donors (Lipinski definition) is 1. The summed E-state index contributed by atoms with van der Waals surface area (Å²) in [5.41, 5.74) is 0.720. The summed E-state index contributed by atoms with van der Waals surface area (Å²) < 4.78 is 22.0. The number of aliphatic hydroxyl groups is 1. The highest BCUT2D eigenvalue weighted by Gasteiger charge is 2.14. The molecule has 4 aromatic rings. The molecule has 0 aliphatic carbocycles. The quantitative estimate of drug-likeness (QED) is 0.384. The molecule has 7 nitrogen and oxygen atoms in total. The van der Waals surface area contributed by atoms with Gasteiger partial charge in [-0.2, -0.15) is 0 Å². The first-order valence-corrected chi connectivity index (χ1v) is 10.6. The van der Waals surface area contributed by atoms with Gasteiger partial charge in [0.2, 0.25) is 5.89 Å². The summed E-state index contributed by atoms with van der Waals surface area (Å²) in [7, 11) is 3.14. The Morgan fingerprint density at radius 1 is 0.935 bits per heavy atom.